The molecule has 94 valence electrons. The van der Waals surface area contributed by atoms with Gasteiger partial charge in [0.05, 0.1) is 6.61 Å². The molecule has 1 aromatic rings. The monoisotopic (exact) mass is 309 g/mol. The summed E-state index contributed by atoms with van der Waals surface area (Å²) >= 11 is 3.48. The van der Waals surface area contributed by atoms with Gasteiger partial charge in [-0.05, 0) is 25.1 Å². The van der Waals surface area contributed by atoms with Gasteiger partial charge in [0.2, 0.25) is 6.29 Å². The van der Waals surface area contributed by atoms with Crippen molar-refractivity contribution in [1.82, 2.24) is 0 Å². The number of halogens is 1. The molecule has 1 aromatic carbocycles. The standard InChI is InChI=1S/C13H12BrNO3/c1-13-10-4-5-16-12(13)18-15-11(13)8-6-7(14)2-3-9(8)17-10/h2-3,6,10,12H,4-5H2,1H3/t10-,12-,13?/m0/s1. The largest absolute Gasteiger partial charge is 0.488 e. The Hall–Kier alpha value is -1.07. The third-order valence-corrected chi connectivity index (χ3v) is 4.52. The van der Waals surface area contributed by atoms with Gasteiger partial charge < -0.3 is 14.3 Å². The molecule has 5 heteroatoms. The molecule has 3 aliphatic rings. The Bertz CT molecular complexity index is 559. The van der Waals surface area contributed by atoms with Crippen molar-refractivity contribution in [2.45, 2.75) is 25.7 Å². The maximum absolute atomic E-state index is 6.11. The summed E-state index contributed by atoms with van der Waals surface area (Å²) in [6, 6.07) is 5.98. The lowest BCUT2D eigenvalue weighted by atomic mass is 9.72. The van der Waals surface area contributed by atoms with Gasteiger partial charge in [0.25, 0.3) is 0 Å². The van der Waals surface area contributed by atoms with Crippen LogP contribution in [0.15, 0.2) is 27.8 Å². The maximum Gasteiger partial charge on any atom is 0.241 e. The summed E-state index contributed by atoms with van der Waals surface area (Å²) in [5.41, 5.74) is 1.64. The van der Waals surface area contributed by atoms with E-state index in [1.807, 2.05) is 18.2 Å². The lowest BCUT2D eigenvalue weighted by Gasteiger charge is -2.44. The van der Waals surface area contributed by atoms with E-state index in [4.69, 9.17) is 14.3 Å². The Morgan fingerprint density at radius 2 is 2.33 bits per heavy atom. The van der Waals surface area contributed by atoms with Gasteiger partial charge in [0.15, 0.2) is 0 Å². The van der Waals surface area contributed by atoms with E-state index in [-0.39, 0.29) is 17.8 Å². The number of ether oxygens (including phenoxy) is 2. The SMILES string of the molecule is CC12C3=NO[C@@H]1OCC[C@@H]2Oc1ccc(Br)cc13. The number of hydrogen-bond acceptors (Lipinski definition) is 4. The molecular weight excluding hydrogens is 298 g/mol. The fourth-order valence-electron chi connectivity index (χ4n) is 2.97. The van der Waals surface area contributed by atoms with Gasteiger partial charge >= 0.3 is 0 Å². The Balaban J connectivity index is 1.92. The van der Waals surface area contributed by atoms with Crippen molar-refractivity contribution < 1.29 is 14.3 Å². The molecule has 4 nitrogen and oxygen atoms in total. The minimum atomic E-state index is -0.321. The van der Waals surface area contributed by atoms with Crippen LogP contribution in [0.25, 0.3) is 0 Å². The zero-order chi connectivity index (χ0) is 12.3. The van der Waals surface area contributed by atoms with Gasteiger partial charge in [0.1, 0.15) is 23.0 Å². The van der Waals surface area contributed by atoms with E-state index < -0.39 is 0 Å². The van der Waals surface area contributed by atoms with Crippen molar-refractivity contribution in [2.75, 3.05) is 6.61 Å². The highest BCUT2D eigenvalue weighted by molar-refractivity contribution is 9.10. The summed E-state index contributed by atoms with van der Waals surface area (Å²) in [5, 5.41) is 4.25. The topological polar surface area (TPSA) is 40.0 Å². The van der Waals surface area contributed by atoms with Crippen LogP contribution in [0.4, 0.5) is 0 Å². The summed E-state index contributed by atoms with van der Waals surface area (Å²) in [7, 11) is 0. The molecular formula is C13H12BrNO3. The number of nitrogens with zero attached hydrogens (tertiary/aromatic N) is 1. The van der Waals surface area contributed by atoms with Crippen molar-refractivity contribution in [3.63, 3.8) is 0 Å². The van der Waals surface area contributed by atoms with E-state index in [1.54, 1.807) is 0 Å². The Morgan fingerprint density at radius 1 is 1.44 bits per heavy atom. The molecule has 0 radical (unpaired) electrons. The summed E-state index contributed by atoms with van der Waals surface area (Å²) in [6.45, 7) is 2.76. The van der Waals surface area contributed by atoms with Gasteiger partial charge in [-0.2, -0.15) is 0 Å². The van der Waals surface area contributed by atoms with Crippen LogP contribution in [-0.2, 0) is 9.57 Å². The number of fused-ring (bicyclic) bond motifs is 2. The maximum atomic E-state index is 6.11. The van der Waals surface area contributed by atoms with Crippen LogP contribution in [0, 0.1) is 5.41 Å². The number of benzene rings is 1. The zero-order valence-corrected chi connectivity index (χ0v) is 11.4. The first kappa shape index (κ1) is 10.8. The second-order valence-electron chi connectivity index (χ2n) is 5.07. The van der Waals surface area contributed by atoms with Gasteiger partial charge in [-0.1, -0.05) is 21.1 Å². The molecule has 4 rings (SSSR count). The molecule has 0 saturated carbocycles. The van der Waals surface area contributed by atoms with Crippen LogP contribution in [0.3, 0.4) is 0 Å². The lowest BCUT2D eigenvalue weighted by Crippen LogP contribution is -2.56. The fraction of sp³-hybridized carbons (Fsp3) is 0.462. The molecule has 3 aliphatic heterocycles. The Morgan fingerprint density at radius 3 is 3.22 bits per heavy atom. The third kappa shape index (κ3) is 1.21. The minimum Gasteiger partial charge on any atom is -0.488 e. The van der Waals surface area contributed by atoms with Crippen LogP contribution in [-0.4, -0.2) is 24.7 Å². The van der Waals surface area contributed by atoms with Crippen molar-refractivity contribution in [1.29, 1.82) is 0 Å². The normalized spacial score (nSPS) is 36.0. The molecule has 1 unspecified atom stereocenters. The highest BCUT2D eigenvalue weighted by Gasteiger charge is 2.59. The molecule has 0 aromatic heterocycles. The van der Waals surface area contributed by atoms with Crippen LogP contribution in [0.2, 0.25) is 0 Å². The molecule has 0 bridgehead atoms. The van der Waals surface area contributed by atoms with Crippen molar-refractivity contribution in [2.24, 2.45) is 10.6 Å². The number of hydrogen-bond donors (Lipinski definition) is 0. The highest BCUT2D eigenvalue weighted by atomic mass is 79.9. The average Bonchev–Trinajstić information content (AvgIpc) is 2.69. The smallest absolute Gasteiger partial charge is 0.241 e. The minimum absolute atomic E-state index is 0.0752. The molecule has 0 N–H and O–H groups in total. The van der Waals surface area contributed by atoms with E-state index in [0.717, 1.165) is 27.9 Å². The summed E-state index contributed by atoms with van der Waals surface area (Å²) in [4.78, 5) is 5.44. The molecule has 1 fully saturated rings. The van der Waals surface area contributed by atoms with Crippen LogP contribution in [0.1, 0.15) is 18.9 Å². The fourth-order valence-corrected chi connectivity index (χ4v) is 3.33. The molecule has 0 amide bonds. The summed E-state index contributed by atoms with van der Waals surface area (Å²) in [6.07, 6.45) is 0.620. The predicted octanol–water partition coefficient (Wildman–Crippen LogP) is 2.70. The molecule has 0 aliphatic carbocycles. The van der Waals surface area contributed by atoms with E-state index in [9.17, 15) is 0 Å². The highest BCUT2D eigenvalue weighted by Crippen LogP contribution is 2.49. The van der Waals surface area contributed by atoms with Crippen molar-refractivity contribution >= 4 is 21.6 Å². The lowest BCUT2D eigenvalue weighted by molar-refractivity contribution is -0.215. The van der Waals surface area contributed by atoms with E-state index >= 15 is 0 Å². The molecule has 18 heavy (non-hydrogen) atoms. The van der Waals surface area contributed by atoms with Gasteiger partial charge in [0, 0.05) is 16.5 Å². The molecule has 3 heterocycles. The predicted molar refractivity (Wildman–Crippen MR) is 68.6 cm³/mol. The van der Waals surface area contributed by atoms with E-state index in [1.165, 1.54) is 0 Å². The van der Waals surface area contributed by atoms with Crippen LogP contribution in [0.5, 0.6) is 5.75 Å². The second-order valence-corrected chi connectivity index (χ2v) is 5.98. The van der Waals surface area contributed by atoms with Crippen LogP contribution < -0.4 is 4.74 Å². The van der Waals surface area contributed by atoms with E-state index in [2.05, 4.69) is 28.0 Å². The number of rotatable bonds is 0. The second kappa shape index (κ2) is 3.48. The summed E-state index contributed by atoms with van der Waals surface area (Å²) in [5.74, 6) is 0.880. The third-order valence-electron chi connectivity index (χ3n) is 4.02. The first-order valence-corrected chi connectivity index (χ1v) is 6.81. The first-order chi connectivity index (χ1) is 8.69. The van der Waals surface area contributed by atoms with Crippen molar-refractivity contribution in [3.8, 4) is 5.75 Å². The zero-order valence-electron chi connectivity index (χ0n) is 9.85. The van der Waals surface area contributed by atoms with E-state index in [0.29, 0.717) is 6.61 Å². The van der Waals surface area contributed by atoms with Gasteiger partial charge in [-0.25, -0.2) is 0 Å². The Kier molecular flexibility index (Phi) is 2.09. The van der Waals surface area contributed by atoms with Gasteiger partial charge in [-0.3, -0.25) is 0 Å². The number of oxime groups is 1. The molecule has 3 atom stereocenters. The molecule has 1 saturated heterocycles. The van der Waals surface area contributed by atoms with Gasteiger partial charge in [-0.15, -0.1) is 0 Å². The Labute approximate surface area is 113 Å². The van der Waals surface area contributed by atoms with Crippen LogP contribution >= 0.6 is 15.9 Å². The summed E-state index contributed by atoms with van der Waals surface area (Å²) < 4.78 is 12.8. The quantitative estimate of drug-likeness (QED) is 0.740. The average molecular weight is 310 g/mol. The first-order valence-electron chi connectivity index (χ1n) is 6.02. The molecule has 0 spiro atoms. The van der Waals surface area contributed by atoms with Crippen molar-refractivity contribution in [3.05, 3.63) is 28.2 Å².